The zero-order chi connectivity index (χ0) is 15.4. The Morgan fingerprint density at radius 2 is 1.81 bits per heavy atom. The molecule has 1 aliphatic rings. The molecule has 2 N–H and O–H groups in total. The van der Waals surface area contributed by atoms with Gasteiger partial charge in [0.25, 0.3) is 0 Å². The number of nitrogens with one attached hydrogen (secondary N) is 1. The van der Waals surface area contributed by atoms with Crippen LogP contribution >= 0.6 is 0 Å². The SMILES string of the molecule is COc1ccc(NC(=O)[C@@H]2CCC[C@@H]2C(=O)O)cc1OC. The molecule has 0 aliphatic heterocycles. The molecule has 114 valence electrons. The maximum atomic E-state index is 12.2. The lowest BCUT2D eigenvalue weighted by molar-refractivity contribution is -0.145. The van der Waals surface area contributed by atoms with Gasteiger partial charge >= 0.3 is 5.97 Å². The first kappa shape index (κ1) is 15.2. The molecule has 21 heavy (non-hydrogen) atoms. The van der Waals surface area contributed by atoms with E-state index in [0.29, 0.717) is 30.0 Å². The maximum Gasteiger partial charge on any atom is 0.307 e. The highest BCUT2D eigenvalue weighted by Crippen LogP contribution is 2.34. The zero-order valence-electron chi connectivity index (χ0n) is 12.1. The minimum atomic E-state index is -0.903. The number of hydrogen-bond donors (Lipinski definition) is 2. The lowest BCUT2D eigenvalue weighted by atomic mass is 9.95. The number of carboxylic acid groups (broad SMARTS) is 1. The molecule has 2 atom stereocenters. The molecule has 0 radical (unpaired) electrons. The first-order valence-corrected chi connectivity index (χ1v) is 6.82. The molecule has 6 heteroatoms. The number of aliphatic carboxylic acids is 1. The fourth-order valence-corrected chi connectivity index (χ4v) is 2.72. The molecule has 0 spiro atoms. The van der Waals surface area contributed by atoms with Gasteiger partial charge < -0.3 is 19.9 Å². The zero-order valence-corrected chi connectivity index (χ0v) is 12.1. The quantitative estimate of drug-likeness (QED) is 0.869. The molecule has 1 aromatic carbocycles. The lowest BCUT2D eigenvalue weighted by Gasteiger charge is -2.16. The largest absolute Gasteiger partial charge is 0.493 e. The molecule has 1 aliphatic carbocycles. The van der Waals surface area contributed by atoms with Crippen molar-refractivity contribution in [2.75, 3.05) is 19.5 Å². The molecule has 1 fully saturated rings. The van der Waals surface area contributed by atoms with Crippen LogP contribution in [-0.2, 0) is 9.59 Å². The molecule has 1 amide bonds. The average Bonchev–Trinajstić information content (AvgIpc) is 2.96. The van der Waals surface area contributed by atoms with Crippen LogP contribution in [0.4, 0.5) is 5.69 Å². The molecule has 0 saturated heterocycles. The van der Waals surface area contributed by atoms with Gasteiger partial charge in [-0.25, -0.2) is 0 Å². The standard InChI is InChI=1S/C15H19NO5/c1-20-12-7-6-9(8-13(12)21-2)16-14(17)10-4-3-5-11(10)15(18)19/h6-8,10-11H,3-5H2,1-2H3,(H,16,17)(H,18,19)/t10-,11+/m1/s1. The van der Waals surface area contributed by atoms with Gasteiger partial charge in [0, 0.05) is 11.8 Å². The summed E-state index contributed by atoms with van der Waals surface area (Å²) in [6, 6.07) is 5.04. The second-order valence-electron chi connectivity index (χ2n) is 5.04. The van der Waals surface area contributed by atoms with E-state index in [1.165, 1.54) is 14.2 Å². The van der Waals surface area contributed by atoms with E-state index in [-0.39, 0.29) is 5.91 Å². The molecular formula is C15H19NO5. The molecule has 1 aromatic rings. The van der Waals surface area contributed by atoms with Crippen LogP contribution in [0.1, 0.15) is 19.3 Å². The van der Waals surface area contributed by atoms with Crippen LogP contribution in [0.25, 0.3) is 0 Å². The van der Waals surface area contributed by atoms with E-state index in [1.54, 1.807) is 18.2 Å². The Balaban J connectivity index is 2.11. The molecule has 0 bridgehead atoms. The monoisotopic (exact) mass is 293 g/mol. The van der Waals surface area contributed by atoms with Crippen LogP contribution in [-0.4, -0.2) is 31.2 Å². The van der Waals surface area contributed by atoms with E-state index in [2.05, 4.69) is 5.32 Å². The fourth-order valence-electron chi connectivity index (χ4n) is 2.72. The van der Waals surface area contributed by atoms with E-state index in [9.17, 15) is 9.59 Å². The van der Waals surface area contributed by atoms with Crippen molar-refractivity contribution in [3.05, 3.63) is 18.2 Å². The molecule has 1 saturated carbocycles. The second kappa shape index (κ2) is 6.47. The van der Waals surface area contributed by atoms with Gasteiger partial charge in [-0.05, 0) is 25.0 Å². The number of amides is 1. The van der Waals surface area contributed by atoms with Gasteiger partial charge in [-0.3, -0.25) is 9.59 Å². The second-order valence-corrected chi connectivity index (χ2v) is 5.04. The first-order valence-electron chi connectivity index (χ1n) is 6.82. The Labute approximate surface area is 123 Å². The first-order chi connectivity index (χ1) is 10.1. The number of methoxy groups -OCH3 is 2. The van der Waals surface area contributed by atoms with Crippen molar-refractivity contribution >= 4 is 17.6 Å². The van der Waals surface area contributed by atoms with Crippen molar-refractivity contribution in [2.45, 2.75) is 19.3 Å². The summed E-state index contributed by atoms with van der Waals surface area (Å²) in [6.45, 7) is 0. The van der Waals surface area contributed by atoms with E-state index >= 15 is 0 Å². The third-order valence-corrected chi connectivity index (χ3v) is 3.82. The van der Waals surface area contributed by atoms with E-state index < -0.39 is 17.8 Å². The van der Waals surface area contributed by atoms with Crippen LogP contribution < -0.4 is 14.8 Å². The van der Waals surface area contributed by atoms with Crippen molar-refractivity contribution < 1.29 is 24.2 Å². The lowest BCUT2D eigenvalue weighted by Crippen LogP contribution is -2.29. The summed E-state index contributed by atoms with van der Waals surface area (Å²) < 4.78 is 10.3. The van der Waals surface area contributed by atoms with Crippen molar-refractivity contribution in [3.8, 4) is 11.5 Å². The summed E-state index contributed by atoms with van der Waals surface area (Å²) in [6.07, 6.45) is 1.93. The minimum absolute atomic E-state index is 0.257. The number of rotatable bonds is 5. The number of benzene rings is 1. The highest BCUT2D eigenvalue weighted by molar-refractivity contribution is 5.95. The Hall–Kier alpha value is -2.24. The predicted octanol–water partition coefficient (Wildman–Crippen LogP) is 2.14. The molecule has 0 aromatic heterocycles. The number of ether oxygens (including phenoxy) is 2. The molecular weight excluding hydrogens is 274 g/mol. The topological polar surface area (TPSA) is 84.9 Å². The van der Waals surface area contributed by atoms with Crippen molar-refractivity contribution in [2.24, 2.45) is 11.8 Å². The fraction of sp³-hybridized carbons (Fsp3) is 0.467. The Bertz CT molecular complexity index is 543. The summed E-state index contributed by atoms with van der Waals surface area (Å²) in [5.74, 6) is -1.15. The molecule has 6 nitrogen and oxygen atoms in total. The van der Waals surface area contributed by atoms with Gasteiger partial charge in [0.15, 0.2) is 11.5 Å². The van der Waals surface area contributed by atoms with Gasteiger partial charge in [-0.15, -0.1) is 0 Å². The van der Waals surface area contributed by atoms with E-state index in [1.807, 2.05) is 0 Å². The number of anilines is 1. The molecule has 0 unspecified atom stereocenters. The summed E-state index contributed by atoms with van der Waals surface area (Å²) in [4.78, 5) is 23.4. The van der Waals surface area contributed by atoms with Crippen molar-refractivity contribution in [1.29, 1.82) is 0 Å². The summed E-state index contributed by atoms with van der Waals surface area (Å²) in [5.41, 5.74) is 0.564. The van der Waals surface area contributed by atoms with Crippen LogP contribution in [0.2, 0.25) is 0 Å². The van der Waals surface area contributed by atoms with Crippen LogP contribution in [0.15, 0.2) is 18.2 Å². The normalized spacial score (nSPS) is 20.9. The maximum absolute atomic E-state index is 12.2. The Morgan fingerprint density at radius 3 is 2.43 bits per heavy atom. The van der Waals surface area contributed by atoms with Crippen LogP contribution in [0, 0.1) is 11.8 Å². The molecule has 0 heterocycles. The van der Waals surface area contributed by atoms with Crippen molar-refractivity contribution in [1.82, 2.24) is 0 Å². The number of hydrogen-bond acceptors (Lipinski definition) is 4. The smallest absolute Gasteiger partial charge is 0.307 e. The number of carbonyl (C=O) groups is 2. The van der Waals surface area contributed by atoms with Gasteiger partial charge in [0.05, 0.1) is 26.1 Å². The third-order valence-electron chi connectivity index (χ3n) is 3.82. The summed E-state index contributed by atoms with van der Waals surface area (Å²) in [5, 5.41) is 11.9. The van der Waals surface area contributed by atoms with E-state index in [4.69, 9.17) is 14.6 Å². The average molecular weight is 293 g/mol. The Kier molecular flexibility index (Phi) is 4.67. The molecule has 2 rings (SSSR count). The van der Waals surface area contributed by atoms with Gasteiger partial charge in [-0.2, -0.15) is 0 Å². The number of carboxylic acids is 1. The van der Waals surface area contributed by atoms with Gasteiger partial charge in [0.1, 0.15) is 0 Å². The Morgan fingerprint density at radius 1 is 1.14 bits per heavy atom. The van der Waals surface area contributed by atoms with E-state index in [0.717, 1.165) is 6.42 Å². The predicted molar refractivity (Wildman–Crippen MR) is 76.6 cm³/mol. The van der Waals surface area contributed by atoms with Crippen molar-refractivity contribution in [3.63, 3.8) is 0 Å². The minimum Gasteiger partial charge on any atom is -0.493 e. The van der Waals surface area contributed by atoms with Gasteiger partial charge in [0.2, 0.25) is 5.91 Å². The summed E-state index contributed by atoms with van der Waals surface area (Å²) >= 11 is 0. The highest BCUT2D eigenvalue weighted by atomic mass is 16.5. The number of carbonyl (C=O) groups excluding carboxylic acids is 1. The van der Waals surface area contributed by atoms with Gasteiger partial charge in [-0.1, -0.05) is 6.42 Å². The van der Waals surface area contributed by atoms with Crippen LogP contribution in [0.3, 0.4) is 0 Å². The summed E-state index contributed by atoms with van der Waals surface area (Å²) in [7, 11) is 3.05. The third kappa shape index (κ3) is 3.26. The van der Waals surface area contributed by atoms with Crippen LogP contribution in [0.5, 0.6) is 11.5 Å². The highest BCUT2D eigenvalue weighted by Gasteiger charge is 2.37.